The van der Waals surface area contributed by atoms with Crippen LogP contribution in [0.25, 0.3) is 0 Å². The van der Waals surface area contributed by atoms with E-state index in [1.807, 2.05) is 6.92 Å². The summed E-state index contributed by atoms with van der Waals surface area (Å²) in [6, 6.07) is 10.0. The number of halogens is 3. The van der Waals surface area contributed by atoms with Gasteiger partial charge in [0.25, 0.3) is 0 Å². The Bertz CT molecular complexity index is 691. The first-order valence-corrected chi connectivity index (χ1v) is 7.46. The van der Waals surface area contributed by atoms with E-state index in [2.05, 4.69) is 5.32 Å². The van der Waals surface area contributed by atoms with Crippen molar-refractivity contribution >= 4 is 23.2 Å². The molecule has 0 saturated heterocycles. The number of nitrogens with one attached hydrogen (secondary N) is 1. The van der Waals surface area contributed by atoms with Crippen molar-refractivity contribution < 1.29 is 13.6 Å². The lowest BCUT2D eigenvalue weighted by molar-refractivity contribution is -0.129. The summed E-state index contributed by atoms with van der Waals surface area (Å²) in [5.74, 6) is -0.974. The Morgan fingerprint density at radius 3 is 2.48 bits per heavy atom. The first-order valence-electron chi connectivity index (χ1n) is 7.08. The summed E-state index contributed by atoms with van der Waals surface area (Å²) in [6.07, 6.45) is 0. The van der Waals surface area contributed by atoms with Gasteiger partial charge in [-0.05, 0) is 42.8 Å². The average molecular weight is 339 g/mol. The summed E-state index contributed by atoms with van der Waals surface area (Å²) >= 11 is 5.69. The largest absolute Gasteiger partial charge is 0.376 e. The van der Waals surface area contributed by atoms with Crippen molar-refractivity contribution in [3.8, 4) is 0 Å². The fourth-order valence-corrected chi connectivity index (χ4v) is 2.27. The molecule has 2 aromatic carbocycles. The molecule has 122 valence electrons. The zero-order valence-electron chi connectivity index (χ0n) is 12.8. The summed E-state index contributed by atoms with van der Waals surface area (Å²) < 4.78 is 26.0. The van der Waals surface area contributed by atoms with Crippen LogP contribution in [0, 0.1) is 11.6 Å². The van der Waals surface area contributed by atoms with Gasteiger partial charge in [-0.1, -0.05) is 23.7 Å². The molecule has 1 N–H and O–H groups in total. The lowest BCUT2D eigenvalue weighted by atomic mass is 10.1. The molecule has 0 radical (unpaired) electrons. The molecule has 0 bridgehead atoms. The quantitative estimate of drug-likeness (QED) is 0.884. The molecule has 0 aromatic heterocycles. The second-order valence-electron chi connectivity index (χ2n) is 5.21. The number of benzene rings is 2. The van der Waals surface area contributed by atoms with Crippen LogP contribution in [0.15, 0.2) is 42.5 Å². The van der Waals surface area contributed by atoms with Crippen LogP contribution in [0.1, 0.15) is 18.5 Å². The van der Waals surface area contributed by atoms with Gasteiger partial charge in [0.1, 0.15) is 11.6 Å². The van der Waals surface area contributed by atoms with Gasteiger partial charge < -0.3 is 10.2 Å². The summed E-state index contributed by atoms with van der Waals surface area (Å²) in [6.45, 7) is 1.91. The molecule has 1 amide bonds. The van der Waals surface area contributed by atoms with Crippen LogP contribution in [-0.2, 0) is 4.79 Å². The van der Waals surface area contributed by atoms with Gasteiger partial charge in [0, 0.05) is 12.7 Å². The van der Waals surface area contributed by atoms with Crippen molar-refractivity contribution in [3.05, 3.63) is 64.7 Å². The number of carbonyl (C=O) groups is 1. The van der Waals surface area contributed by atoms with Gasteiger partial charge in [0.2, 0.25) is 5.91 Å². The Kier molecular flexibility index (Phi) is 5.55. The molecule has 2 aromatic rings. The normalized spacial score (nSPS) is 11.9. The average Bonchev–Trinajstić information content (AvgIpc) is 2.55. The molecule has 2 rings (SSSR count). The zero-order chi connectivity index (χ0) is 17.0. The Balaban J connectivity index is 1.96. The molecular formula is C17H17ClF2N2O. The van der Waals surface area contributed by atoms with Crippen LogP contribution in [0.2, 0.25) is 5.02 Å². The smallest absolute Gasteiger partial charge is 0.242 e. The Labute approximate surface area is 138 Å². The molecule has 0 spiro atoms. The number of anilines is 1. The first-order chi connectivity index (χ1) is 10.9. The highest BCUT2D eigenvalue weighted by Crippen LogP contribution is 2.21. The number of hydrogen-bond acceptors (Lipinski definition) is 2. The van der Waals surface area contributed by atoms with Crippen molar-refractivity contribution in [1.29, 1.82) is 0 Å². The highest BCUT2D eigenvalue weighted by molar-refractivity contribution is 6.31. The third-order valence-corrected chi connectivity index (χ3v) is 3.98. The van der Waals surface area contributed by atoms with Crippen LogP contribution in [0.4, 0.5) is 14.5 Å². The molecule has 0 aliphatic heterocycles. The van der Waals surface area contributed by atoms with Crippen molar-refractivity contribution in [1.82, 2.24) is 4.90 Å². The van der Waals surface area contributed by atoms with Crippen molar-refractivity contribution in [2.75, 3.05) is 18.9 Å². The van der Waals surface area contributed by atoms with E-state index in [-0.39, 0.29) is 29.3 Å². The summed E-state index contributed by atoms with van der Waals surface area (Å²) in [5, 5.41) is 2.90. The summed E-state index contributed by atoms with van der Waals surface area (Å²) in [4.78, 5) is 13.8. The van der Waals surface area contributed by atoms with E-state index >= 15 is 0 Å². The molecule has 0 fully saturated rings. The molecule has 0 aliphatic rings. The first kappa shape index (κ1) is 17.2. The van der Waals surface area contributed by atoms with E-state index in [9.17, 15) is 13.6 Å². The van der Waals surface area contributed by atoms with Crippen molar-refractivity contribution in [3.63, 3.8) is 0 Å². The minimum absolute atomic E-state index is 0.00418. The van der Waals surface area contributed by atoms with Gasteiger partial charge in [-0.25, -0.2) is 8.78 Å². The lowest BCUT2D eigenvalue weighted by Gasteiger charge is -2.25. The highest BCUT2D eigenvalue weighted by atomic mass is 35.5. The number of rotatable bonds is 5. The fraction of sp³-hybridized carbons (Fsp3) is 0.235. The number of hydrogen-bond donors (Lipinski definition) is 1. The standard InChI is InChI=1S/C17H17ClF2N2O/c1-11(12-3-5-13(19)6-4-12)22(2)17(23)10-21-14-7-8-16(20)15(18)9-14/h3-9,11,21H,10H2,1-2H3. The van der Waals surface area contributed by atoms with Crippen LogP contribution in [0.3, 0.4) is 0 Å². The Morgan fingerprint density at radius 2 is 1.87 bits per heavy atom. The van der Waals surface area contributed by atoms with E-state index in [0.717, 1.165) is 5.56 Å². The van der Waals surface area contributed by atoms with Crippen LogP contribution < -0.4 is 5.32 Å². The van der Waals surface area contributed by atoms with Crippen LogP contribution in [0.5, 0.6) is 0 Å². The third-order valence-electron chi connectivity index (χ3n) is 3.69. The predicted molar refractivity (Wildman–Crippen MR) is 87.5 cm³/mol. The van der Waals surface area contributed by atoms with Gasteiger partial charge in [0.15, 0.2) is 0 Å². The van der Waals surface area contributed by atoms with E-state index in [1.54, 1.807) is 24.1 Å². The molecule has 1 atom stereocenters. The maximum Gasteiger partial charge on any atom is 0.242 e. The topological polar surface area (TPSA) is 32.3 Å². The molecule has 23 heavy (non-hydrogen) atoms. The fourth-order valence-electron chi connectivity index (χ4n) is 2.09. The number of nitrogens with zero attached hydrogens (tertiary/aromatic N) is 1. The monoisotopic (exact) mass is 338 g/mol. The number of likely N-dealkylation sites (N-methyl/N-ethyl adjacent to an activating group) is 1. The molecule has 3 nitrogen and oxygen atoms in total. The number of carbonyl (C=O) groups excluding carboxylic acids is 1. The predicted octanol–water partition coefficient (Wildman–Crippen LogP) is 4.25. The second kappa shape index (κ2) is 7.42. The summed E-state index contributed by atoms with van der Waals surface area (Å²) in [7, 11) is 1.68. The van der Waals surface area contributed by atoms with Gasteiger partial charge in [-0.15, -0.1) is 0 Å². The van der Waals surface area contributed by atoms with E-state index < -0.39 is 5.82 Å². The van der Waals surface area contributed by atoms with E-state index in [0.29, 0.717) is 5.69 Å². The van der Waals surface area contributed by atoms with Gasteiger partial charge >= 0.3 is 0 Å². The minimum Gasteiger partial charge on any atom is -0.376 e. The third kappa shape index (κ3) is 4.42. The Hall–Kier alpha value is -2.14. The highest BCUT2D eigenvalue weighted by Gasteiger charge is 2.17. The van der Waals surface area contributed by atoms with Gasteiger partial charge in [-0.3, -0.25) is 4.79 Å². The second-order valence-corrected chi connectivity index (χ2v) is 5.62. The molecule has 0 heterocycles. The van der Waals surface area contributed by atoms with Crippen molar-refractivity contribution in [2.24, 2.45) is 0 Å². The minimum atomic E-state index is -0.509. The lowest BCUT2D eigenvalue weighted by Crippen LogP contribution is -2.34. The van der Waals surface area contributed by atoms with Crippen LogP contribution in [-0.4, -0.2) is 24.4 Å². The van der Waals surface area contributed by atoms with Crippen molar-refractivity contribution in [2.45, 2.75) is 13.0 Å². The zero-order valence-corrected chi connectivity index (χ0v) is 13.6. The van der Waals surface area contributed by atoms with Crippen LogP contribution >= 0.6 is 11.6 Å². The molecule has 1 unspecified atom stereocenters. The maximum atomic E-state index is 13.1. The summed E-state index contributed by atoms with van der Waals surface area (Å²) in [5.41, 5.74) is 1.40. The molecule has 0 saturated carbocycles. The number of amides is 1. The molecule has 0 aliphatic carbocycles. The van der Waals surface area contributed by atoms with E-state index in [4.69, 9.17) is 11.6 Å². The van der Waals surface area contributed by atoms with E-state index in [1.165, 1.54) is 30.3 Å². The Morgan fingerprint density at radius 1 is 1.22 bits per heavy atom. The SMILES string of the molecule is CC(c1ccc(F)cc1)N(C)C(=O)CNc1ccc(F)c(Cl)c1. The molecule has 6 heteroatoms. The van der Waals surface area contributed by atoms with Gasteiger partial charge in [0.05, 0.1) is 17.6 Å². The maximum absolute atomic E-state index is 13.1. The molecular weight excluding hydrogens is 322 g/mol. The van der Waals surface area contributed by atoms with Gasteiger partial charge in [-0.2, -0.15) is 0 Å².